The zero-order chi connectivity index (χ0) is 58.4. The van der Waals surface area contributed by atoms with Gasteiger partial charge in [-0.2, -0.15) is 0 Å². The molecule has 2 aliphatic heterocycles. The minimum Gasteiger partial charge on any atom is -0.489 e. The van der Waals surface area contributed by atoms with Crippen molar-refractivity contribution in [3.8, 4) is 11.5 Å². The third-order valence-corrected chi connectivity index (χ3v) is 21.5. The van der Waals surface area contributed by atoms with Gasteiger partial charge in [0.15, 0.2) is 0 Å². The van der Waals surface area contributed by atoms with Gasteiger partial charge in [-0.3, -0.25) is 0 Å². The maximum atomic E-state index is 7.89. The molecule has 0 amide bonds. The van der Waals surface area contributed by atoms with Crippen LogP contribution in [-0.2, 0) is 56.2 Å². The van der Waals surface area contributed by atoms with E-state index in [4.69, 9.17) is 9.47 Å². The van der Waals surface area contributed by atoms with Gasteiger partial charge in [0.1, 0.15) is 23.7 Å². The van der Waals surface area contributed by atoms with E-state index in [0.29, 0.717) is 0 Å². The highest BCUT2D eigenvalue weighted by atomic mass is 31.1. The van der Waals surface area contributed by atoms with Gasteiger partial charge in [0, 0.05) is 23.5 Å². The molecule has 79 heavy (non-hydrogen) atoms. The molecule has 0 saturated carbocycles. The average Bonchev–Trinajstić information content (AvgIpc) is 3.60. The fraction of sp³-hybridized carbons (Fsp3) is 0.520. The second-order valence-corrected chi connectivity index (χ2v) is 36.5. The molecule has 2 nitrogen and oxygen atoms in total. The molecule has 0 spiro atoms. The van der Waals surface area contributed by atoms with E-state index in [-0.39, 0.29) is 55.5 Å². The van der Waals surface area contributed by atoms with Gasteiger partial charge in [0.05, 0.1) is 0 Å². The zero-order valence-corrected chi connectivity index (χ0v) is 55.6. The Kier molecular flexibility index (Phi) is 16.6. The first-order valence-corrected chi connectivity index (χ1v) is 32.7. The second-order valence-electron chi connectivity index (χ2n) is 32.1. The van der Waals surface area contributed by atoms with E-state index >= 15 is 0 Å². The summed E-state index contributed by atoms with van der Waals surface area (Å²) in [5.74, 6) is 2.16. The van der Waals surface area contributed by atoms with Gasteiger partial charge in [-0.1, -0.05) is 275 Å². The summed E-state index contributed by atoms with van der Waals surface area (Å²) in [4.78, 5) is 0. The van der Waals surface area contributed by atoms with Crippen LogP contribution in [0.4, 0.5) is 0 Å². The van der Waals surface area contributed by atoms with Crippen molar-refractivity contribution in [2.24, 2.45) is 0 Å². The molecular weight excluding hydrogens is 995 g/mol. The Hall–Kier alpha value is -4.22. The summed E-state index contributed by atoms with van der Waals surface area (Å²) >= 11 is 0. The predicted octanol–water partition coefficient (Wildman–Crippen LogP) is 18.1. The number of benzene rings is 6. The van der Waals surface area contributed by atoms with E-state index in [9.17, 15) is 0 Å². The van der Waals surface area contributed by atoms with Crippen LogP contribution in [0.15, 0.2) is 109 Å². The molecule has 0 aliphatic carbocycles. The number of fused-ring (bicyclic) bond motifs is 6. The summed E-state index contributed by atoms with van der Waals surface area (Å²) in [5, 5.41) is 8.20. The van der Waals surface area contributed by atoms with Crippen LogP contribution in [0.5, 0.6) is 11.5 Å². The Bertz CT molecular complexity index is 2690. The normalized spacial score (nSPS) is 17.0. The summed E-state index contributed by atoms with van der Waals surface area (Å²) in [6.45, 7) is 56.9. The number of ether oxygens (including phenoxy) is 2. The van der Waals surface area contributed by atoms with Crippen molar-refractivity contribution < 1.29 is 9.47 Å². The van der Waals surface area contributed by atoms with Gasteiger partial charge in [0.2, 0.25) is 0 Å². The highest BCUT2D eigenvalue weighted by Gasteiger charge is 2.36. The van der Waals surface area contributed by atoms with Crippen LogP contribution in [0.3, 0.4) is 0 Å². The zero-order valence-electron chi connectivity index (χ0n) is 53.8. The maximum Gasteiger partial charge on any atom is 0.131 e. The molecule has 6 aromatic rings. The Morgan fingerprint density at radius 3 is 0.722 bits per heavy atom. The van der Waals surface area contributed by atoms with E-state index in [2.05, 4.69) is 275 Å². The van der Waals surface area contributed by atoms with Gasteiger partial charge in [-0.15, -0.1) is 0 Å². The van der Waals surface area contributed by atoms with Gasteiger partial charge >= 0.3 is 0 Å². The first kappa shape index (κ1) is 60.9. The van der Waals surface area contributed by atoms with Crippen molar-refractivity contribution >= 4 is 47.7 Å². The molecule has 2 atom stereocenters. The minimum atomic E-state index is -1.09. The van der Waals surface area contributed by atoms with Crippen LogP contribution in [-0.4, -0.2) is 12.2 Å². The lowest BCUT2D eigenvalue weighted by Crippen LogP contribution is -2.32. The van der Waals surface area contributed by atoms with Crippen LogP contribution in [0.1, 0.15) is 241 Å². The largest absolute Gasteiger partial charge is 0.489 e. The van der Waals surface area contributed by atoms with Crippen LogP contribution >= 0.6 is 15.8 Å². The van der Waals surface area contributed by atoms with Gasteiger partial charge in [-0.05, 0) is 155 Å². The Morgan fingerprint density at radius 2 is 0.519 bits per heavy atom. The minimum absolute atomic E-state index is 0.0332. The van der Waals surface area contributed by atoms with Crippen molar-refractivity contribution in [2.75, 3.05) is 0 Å². The third kappa shape index (κ3) is 13.8. The van der Waals surface area contributed by atoms with Gasteiger partial charge in [-0.25, -0.2) is 0 Å². The van der Waals surface area contributed by atoms with Crippen LogP contribution in [0.2, 0.25) is 0 Å². The molecule has 0 N–H and O–H groups in total. The molecule has 2 aliphatic rings. The fourth-order valence-electron chi connectivity index (χ4n) is 11.2. The molecule has 6 aromatic carbocycles. The van der Waals surface area contributed by atoms with Crippen molar-refractivity contribution in [1.82, 2.24) is 0 Å². The molecule has 0 saturated heterocycles. The monoisotopic (exact) mass is 1100 g/mol. The van der Waals surface area contributed by atoms with Crippen LogP contribution in [0, 0.1) is 0 Å². The highest BCUT2D eigenvalue weighted by molar-refractivity contribution is 7.80. The number of para-hydroxylation sites is 2. The number of hydrogen-bond acceptors (Lipinski definition) is 2. The van der Waals surface area contributed by atoms with Gasteiger partial charge < -0.3 is 9.47 Å². The SMILES string of the molecule is CC(C)(C)c1cc(P(c2cc(C(C)(C)C)cc(C(C)(C)C)c2)c2cccc3c2OC2CCCC(C3)Oc3c(cccc3P(c3cc(C(C)(C)C)cc(C(C)(C)C)c3)c3cc(C(C)(C)C)cc(C(C)(C)C)c3)C2)cc(C(C)(C)C)c1. The molecule has 8 rings (SSSR count). The quantitative estimate of drug-likeness (QED) is 0.155. The van der Waals surface area contributed by atoms with Crippen molar-refractivity contribution in [2.45, 2.75) is 254 Å². The predicted molar refractivity (Wildman–Crippen MR) is 350 cm³/mol. The highest BCUT2D eigenvalue weighted by Crippen LogP contribution is 2.47. The Labute approximate surface area is 484 Å². The topological polar surface area (TPSA) is 18.5 Å². The molecular formula is C75H102O2P2. The molecule has 2 unspecified atom stereocenters. The van der Waals surface area contributed by atoms with Crippen molar-refractivity contribution in [3.63, 3.8) is 0 Å². The maximum absolute atomic E-state index is 7.89. The average molecular weight is 1100 g/mol. The summed E-state index contributed by atoms with van der Waals surface area (Å²) in [5.41, 5.74) is 13.3. The summed E-state index contributed by atoms with van der Waals surface area (Å²) in [6.07, 6.45) is 4.45. The standard InChI is InChI=1S/C75H102O2P2/c1-68(2,3)50-36-51(69(4,5)6)41-60(40-50)78(61-42-52(70(7,8)9)37-53(43-61)71(10,11)12)64-32-25-28-48-34-59-31-27-30-58(76-66(48)64)35-49-29-26-33-65(67(49)77-59)79(62-44-54(72(13,14)15)38-55(45-62)73(16,17)18)63-46-56(74(19,20)21)39-57(47-63)75(22,23)24/h25-26,28-29,32-33,36-47,58-59H,27,30-31,34-35H2,1-24H3. The smallest absolute Gasteiger partial charge is 0.131 e. The van der Waals surface area contributed by atoms with E-state index in [1.54, 1.807) is 0 Å². The first-order valence-electron chi connectivity index (χ1n) is 30.0. The van der Waals surface area contributed by atoms with Crippen LogP contribution < -0.4 is 41.3 Å². The molecule has 0 radical (unpaired) electrons. The third-order valence-electron chi connectivity index (χ3n) is 16.8. The molecule has 4 heteroatoms. The van der Waals surface area contributed by atoms with E-state index in [0.717, 1.165) is 43.6 Å². The lowest BCUT2D eigenvalue weighted by atomic mass is 9.81. The number of rotatable bonds is 6. The fourth-order valence-corrected chi connectivity index (χ4v) is 16.3. The summed E-state index contributed by atoms with van der Waals surface area (Å²) in [7, 11) is -2.19. The second kappa shape index (κ2) is 21.5. The van der Waals surface area contributed by atoms with E-state index in [1.807, 2.05) is 0 Å². The molecule has 0 fully saturated rings. The van der Waals surface area contributed by atoms with Crippen molar-refractivity contribution in [1.29, 1.82) is 0 Å². The van der Waals surface area contributed by atoms with E-state index < -0.39 is 15.8 Å². The van der Waals surface area contributed by atoms with E-state index in [1.165, 1.54) is 87.5 Å². The summed E-state index contributed by atoms with van der Waals surface area (Å²) in [6, 6.07) is 44.6. The molecule has 0 aromatic heterocycles. The van der Waals surface area contributed by atoms with Gasteiger partial charge in [0.25, 0.3) is 0 Å². The van der Waals surface area contributed by atoms with Crippen molar-refractivity contribution in [3.05, 3.63) is 165 Å². The lowest BCUT2D eigenvalue weighted by Gasteiger charge is -2.34. The Balaban J connectivity index is 1.37. The first-order chi connectivity index (χ1) is 36.2. The lowest BCUT2D eigenvalue weighted by molar-refractivity contribution is 0.189. The number of hydrogen-bond donors (Lipinski definition) is 0. The molecule has 424 valence electrons. The molecule has 2 bridgehead atoms. The Morgan fingerprint density at radius 1 is 0.304 bits per heavy atom. The molecule has 2 heterocycles. The summed E-state index contributed by atoms with van der Waals surface area (Å²) < 4.78 is 15.8. The van der Waals surface area contributed by atoms with Crippen LogP contribution in [0.25, 0.3) is 0 Å².